The minimum absolute atomic E-state index is 0.210. The van der Waals surface area contributed by atoms with Crippen molar-refractivity contribution in [2.45, 2.75) is 39.5 Å². The van der Waals surface area contributed by atoms with Crippen molar-refractivity contribution in [3.05, 3.63) is 12.7 Å². The minimum atomic E-state index is -0.401. The summed E-state index contributed by atoms with van der Waals surface area (Å²) in [5.74, 6) is -0.730. The average Bonchev–Trinajstić information content (AvgIpc) is 2.31. The van der Waals surface area contributed by atoms with Crippen LogP contribution in [0.25, 0.3) is 0 Å². The molecule has 0 aliphatic heterocycles. The molecule has 2 N–H and O–H groups in total. The van der Waals surface area contributed by atoms with Gasteiger partial charge in [-0.3, -0.25) is 9.59 Å². The van der Waals surface area contributed by atoms with Crippen LogP contribution in [0.1, 0.15) is 39.5 Å². The normalized spacial score (nSPS) is 10.8. The molecular weight excluding hydrogens is 218 g/mol. The first-order valence-electron chi connectivity index (χ1n) is 5.79. The van der Waals surface area contributed by atoms with Crippen molar-refractivity contribution < 1.29 is 9.59 Å². The van der Waals surface area contributed by atoms with Crippen molar-refractivity contribution in [3.8, 4) is 0 Å². The molecule has 5 nitrogen and oxygen atoms in total. The van der Waals surface area contributed by atoms with Gasteiger partial charge in [-0.15, -0.1) is 6.58 Å². The molecule has 0 rings (SSSR count). The molecule has 0 spiro atoms. The lowest BCUT2D eigenvalue weighted by Gasteiger charge is -2.02. The molecule has 0 heterocycles. The van der Waals surface area contributed by atoms with Crippen LogP contribution in [0.3, 0.4) is 0 Å². The number of hydrogen-bond acceptors (Lipinski definition) is 3. The Balaban J connectivity index is 3.85. The first kappa shape index (κ1) is 15.3. The van der Waals surface area contributed by atoms with Gasteiger partial charge in [0.1, 0.15) is 6.42 Å². The van der Waals surface area contributed by atoms with Crippen LogP contribution in [0, 0.1) is 0 Å². The Hall–Kier alpha value is -1.65. The minimum Gasteiger partial charge on any atom is -0.352 e. The Bertz CT molecular complexity index is 298. The second-order valence-corrected chi connectivity index (χ2v) is 3.76. The largest absolute Gasteiger partial charge is 0.352 e. The maximum Gasteiger partial charge on any atom is 0.249 e. The third-order valence-electron chi connectivity index (χ3n) is 2.03. The first-order valence-corrected chi connectivity index (χ1v) is 5.79. The summed E-state index contributed by atoms with van der Waals surface area (Å²) in [4.78, 5) is 22.5. The van der Waals surface area contributed by atoms with Crippen LogP contribution in [0.15, 0.2) is 17.8 Å². The number of nitrogens with zero attached hydrogens (tertiary/aromatic N) is 1. The zero-order valence-corrected chi connectivity index (χ0v) is 10.6. The molecule has 0 aliphatic carbocycles. The second-order valence-electron chi connectivity index (χ2n) is 3.76. The standard InChI is InChI=1S/C12H21N3O2/c1-4-6-7-10(3)14-15-12(17)9-11(16)13-8-5-2/h5H,2,4,6-9H2,1,3H3,(H,13,16)(H,15,17)/b14-10+. The van der Waals surface area contributed by atoms with E-state index in [1.165, 1.54) is 0 Å². The molecule has 0 atom stereocenters. The molecule has 0 radical (unpaired) electrons. The zero-order valence-electron chi connectivity index (χ0n) is 10.6. The molecule has 2 amide bonds. The Morgan fingerprint density at radius 1 is 1.35 bits per heavy atom. The maximum absolute atomic E-state index is 11.3. The molecular formula is C12H21N3O2. The molecule has 96 valence electrons. The van der Waals surface area contributed by atoms with Gasteiger partial charge < -0.3 is 5.32 Å². The Labute approximate surface area is 102 Å². The lowest BCUT2D eigenvalue weighted by atomic mass is 10.2. The van der Waals surface area contributed by atoms with Crippen molar-refractivity contribution in [2.24, 2.45) is 5.10 Å². The maximum atomic E-state index is 11.3. The molecule has 5 heteroatoms. The molecule has 0 fully saturated rings. The summed E-state index contributed by atoms with van der Waals surface area (Å²) in [6, 6.07) is 0. The van der Waals surface area contributed by atoms with Crippen LogP contribution in [-0.4, -0.2) is 24.1 Å². The van der Waals surface area contributed by atoms with Crippen LogP contribution >= 0.6 is 0 Å². The molecule has 0 aromatic heterocycles. The highest BCUT2D eigenvalue weighted by Gasteiger charge is 2.07. The summed E-state index contributed by atoms with van der Waals surface area (Å²) in [5, 5.41) is 6.43. The van der Waals surface area contributed by atoms with Crippen molar-refractivity contribution in [3.63, 3.8) is 0 Å². The van der Waals surface area contributed by atoms with Gasteiger partial charge in [-0.25, -0.2) is 5.43 Å². The Kier molecular flexibility index (Phi) is 8.64. The average molecular weight is 239 g/mol. The van der Waals surface area contributed by atoms with Crippen LogP contribution in [0.4, 0.5) is 0 Å². The zero-order chi connectivity index (χ0) is 13.1. The third-order valence-corrected chi connectivity index (χ3v) is 2.03. The fourth-order valence-electron chi connectivity index (χ4n) is 1.08. The van der Waals surface area contributed by atoms with E-state index in [0.717, 1.165) is 25.0 Å². The highest BCUT2D eigenvalue weighted by molar-refractivity contribution is 5.97. The van der Waals surface area contributed by atoms with Crippen molar-refractivity contribution >= 4 is 17.5 Å². The van der Waals surface area contributed by atoms with Gasteiger partial charge in [-0.1, -0.05) is 19.4 Å². The van der Waals surface area contributed by atoms with Gasteiger partial charge in [0, 0.05) is 12.3 Å². The number of amides is 2. The van der Waals surface area contributed by atoms with Gasteiger partial charge in [0.2, 0.25) is 11.8 Å². The van der Waals surface area contributed by atoms with E-state index in [1.54, 1.807) is 6.08 Å². The summed E-state index contributed by atoms with van der Waals surface area (Å²) in [7, 11) is 0. The number of hydrazone groups is 1. The molecule has 17 heavy (non-hydrogen) atoms. The molecule has 0 aromatic rings. The second kappa shape index (κ2) is 9.57. The topological polar surface area (TPSA) is 70.6 Å². The summed E-state index contributed by atoms with van der Waals surface area (Å²) < 4.78 is 0. The van der Waals surface area contributed by atoms with E-state index in [9.17, 15) is 9.59 Å². The number of nitrogens with one attached hydrogen (secondary N) is 2. The number of rotatable bonds is 8. The Morgan fingerprint density at radius 2 is 2.06 bits per heavy atom. The molecule has 0 saturated heterocycles. The van der Waals surface area contributed by atoms with Crippen LogP contribution in [0.2, 0.25) is 0 Å². The van der Waals surface area contributed by atoms with Gasteiger partial charge in [0.15, 0.2) is 0 Å². The van der Waals surface area contributed by atoms with Crippen molar-refractivity contribution in [2.75, 3.05) is 6.54 Å². The predicted octanol–water partition coefficient (Wildman–Crippen LogP) is 1.36. The lowest BCUT2D eigenvalue weighted by molar-refractivity contribution is -0.129. The van der Waals surface area contributed by atoms with Crippen molar-refractivity contribution in [1.82, 2.24) is 10.7 Å². The van der Waals surface area contributed by atoms with E-state index in [2.05, 4.69) is 29.3 Å². The quantitative estimate of drug-likeness (QED) is 0.290. The summed E-state index contributed by atoms with van der Waals surface area (Å²) in [5.41, 5.74) is 3.23. The monoisotopic (exact) mass is 239 g/mol. The lowest BCUT2D eigenvalue weighted by Crippen LogP contribution is -2.30. The van der Waals surface area contributed by atoms with Crippen LogP contribution < -0.4 is 10.7 Å². The van der Waals surface area contributed by atoms with E-state index in [0.29, 0.717) is 6.54 Å². The number of carbonyl (C=O) groups excluding carboxylic acids is 2. The predicted molar refractivity (Wildman–Crippen MR) is 68.6 cm³/mol. The van der Waals surface area contributed by atoms with E-state index in [4.69, 9.17) is 0 Å². The van der Waals surface area contributed by atoms with Gasteiger partial charge in [0.05, 0.1) is 0 Å². The van der Waals surface area contributed by atoms with Gasteiger partial charge in [0.25, 0.3) is 0 Å². The van der Waals surface area contributed by atoms with Crippen LogP contribution in [-0.2, 0) is 9.59 Å². The van der Waals surface area contributed by atoms with Crippen molar-refractivity contribution in [1.29, 1.82) is 0 Å². The SMILES string of the molecule is C=CCNC(=O)CC(=O)N/N=C(\C)CCCC. The number of carbonyl (C=O) groups is 2. The molecule has 0 bridgehead atoms. The smallest absolute Gasteiger partial charge is 0.249 e. The number of unbranched alkanes of at least 4 members (excludes halogenated alkanes) is 1. The molecule has 0 unspecified atom stereocenters. The van der Waals surface area contributed by atoms with E-state index in [-0.39, 0.29) is 12.3 Å². The third kappa shape index (κ3) is 9.29. The van der Waals surface area contributed by atoms with E-state index >= 15 is 0 Å². The van der Waals surface area contributed by atoms with Crippen LogP contribution in [0.5, 0.6) is 0 Å². The highest BCUT2D eigenvalue weighted by atomic mass is 16.2. The fourth-order valence-corrected chi connectivity index (χ4v) is 1.08. The molecule has 0 aromatic carbocycles. The van der Waals surface area contributed by atoms with E-state index < -0.39 is 5.91 Å². The fraction of sp³-hybridized carbons (Fsp3) is 0.583. The molecule has 0 aliphatic rings. The summed E-state index contributed by atoms with van der Waals surface area (Å²) in [6.07, 6.45) is 4.34. The molecule has 0 saturated carbocycles. The van der Waals surface area contributed by atoms with Gasteiger partial charge in [-0.2, -0.15) is 5.10 Å². The number of hydrogen-bond donors (Lipinski definition) is 2. The first-order chi connectivity index (χ1) is 8.10. The van der Waals surface area contributed by atoms with Gasteiger partial charge >= 0.3 is 0 Å². The summed E-state index contributed by atoms with van der Waals surface area (Å²) >= 11 is 0. The van der Waals surface area contributed by atoms with Gasteiger partial charge in [-0.05, 0) is 19.8 Å². The highest BCUT2D eigenvalue weighted by Crippen LogP contribution is 1.95. The Morgan fingerprint density at radius 3 is 2.65 bits per heavy atom. The summed E-state index contributed by atoms with van der Waals surface area (Å²) in [6.45, 7) is 7.78. The van der Waals surface area contributed by atoms with E-state index in [1.807, 2.05) is 6.92 Å².